The molecule has 1 heterocycles. The lowest BCUT2D eigenvalue weighted by molar-refractivity contribution is -0.436. The zero-order valence-electron chi connectivity index (χ0n) is 9.52. The summed E-state index contributed by atoms with van der Waals surface area (Å²) in [5.41, 5.74) is 0. The molecule has 2 saturated carbocycles. The second-order valence-corrected chi connectivity index (χ2v) is 5.39. The van der Waals surface area contributed by atoms with E-state index < -0.39 is 11.6 Å². The molecule has 0 aromatic carbocycles. The van der Waals surface area contributed by atoms with Gasteiger partial charge < -0.3 is 19.7 Å². The Hall–Kier alpha value is -0.160. The van der Waals surface area contributed by atoms with Gasteiger partial charge in [-0.15, -0.1) is 0 Å². The minimum absolute atomic E-state index is 0.347. The van der Waals surface area contributed by atoms with Gasteiger partial charge >= 0.3 is 0 Å². The van der Waals surface area contributed by atoms with E-state index in [0.717, 1.165) is 38.5 Å². The van der Waals surface area contributed by atoms with Crippen LogP contribution in [0.1, 0.15) is 51.4 Å². The van der Waals surface area contributed by atoms with Gasteiger partial charge in [0.15, 0.2) is 11.6 Å². The number of aliphatic hydroxyl groups is 2. The molecule has 4 nitrogen and oxygen atoms in total. The molecule has 92 valence electrons. The molecule has 0 unspecified atom stereocenters. The minimum Gasteiger partial charge on any atom is -0.363 e. The van der Waals surface area contributed by atoms with E-state index in [1.807, 2.05) is 0 Å². The molecule has 1 aliphatic heterocycles. The highest BCUT2D eigenvalue weighted by Gasteiger charge is 2.56. The van der Waals surface area contributed by atoms with Crippen molar-refractivity contribution >= 4 is 0 Å². The van der Waals surface area contributed by atoms with E-state index in [0.29, 0.717) is 12.8 Å². The lowest BCUT2D eigenvalue weighted by atomic mass is 9.84. The van der Waals surface area contributed by atoms with Gasteiger partial charge in [0, 0.05) is 12.8 Å². The average molecular weight is 228 g/mol. The van der Waals surface area contributed by atoms with E-state index in [2.05, 4.69) is 0 Å². The maximum atomic E-state index is 10.4. The Morgan fingerprint density at radius 2 is 1.19 bits per heavy atom. The van der Waals surface area contributed by atoms with Crippen LogP contribution in [-0.2, 0) is 9.47 Å². The van der Waals surface area contributed by atoms with Gasteiger partial charge in [-0.1, -0.05) is 12.8 Å². The number of ether oxygens (including phenoxy) is 2. The molecule has 16 heavy (non-hydrogen) atoms. The van der Waals surface area contributed by atoms with Crippen molar-refractivity contribution in [1.82, 2.24) is 0 Å². The molecular formula is C12H20O4. The Kier molecular flexibility index (Phi) is 2.51. The summed E-state index contributed by atoms with van der Waals surface area (Å²) in [7, 11) is 0. The van der Waals surface area contributed by atoms with Crippen LogP contribution >= 0.6 is 0 Å². The number of hydrogen-bond acceptors (Lipinski definition) is 4. The summed E-state index contributed by atoms with van der Waals surface area (Å²) in [6.45, 7) is 0. The quantitative estimate of drug-likeness (QED) is 0.656. The molecule has 2 N–H and O–H groups in total. The van der Waals surface area contributed by atoms with Crippen LogP contribution in [0, 0.1) is 0 Å². The second-order valence-electron chi connectivity index (χ2n) is 5.39. The Labute approximate surface area is 95.6 Å². The van der Waals surface area contributed by atoms with E-state index in [1.54, 1.807) is 0 Å². The summed E-state index contributed by atoms with van der Waals surface area (Å²) < 4.78 is 11.5. The monoisotopic (exact) mass is 228 g/mol. The predicted molar refractivity (Wildman–Crippen MR) is 56.6 cm³/mol. The molecule has 0 aromatic heterocycles. The summed E-state index contributed by atoms with van der Waals surface area (Å²) in [5, 5.41) is 20.8. The third-order valence-corrected chi connectivity index (χ3v) is 4.20. The third kappa shape index (κ3) is 1.59. The molecule has 0 radical (unpaired) electrons. The van der Waals surface area contributed by atoms with Gasteiger partial charge in [-0.3, -0.25) is 0 Å². The van der Waals surface area contributed by atoms with Crippen LogP contribution in [0.2, 0.25) is 0 Å². The topological polar surface area (TPSA) is 58.9 Å². The van der Waals surface area contributed by atoms with Gasteiger partial charge in [-0.2, -0.15) is 0 Å². The SMILES string of the molecule is O[C@@]12CCCC[C@H]1O[C@@]1(O)CCCC[C@@H]1O2. The van der Waals surface area contributed by atoms with E-state index in [4.69, 9.17) is 9.47 Å². The zero-order valence-corrected chi connectivity index (χ0v) is 9.52. The molecule has 4 atom stereocenters. The summed E-state index contributed by atoms with van der Waals surface area (Å²) in [4.78, 5) is 0. The third-order valence-electron chi connectivity index (χ3n) is 4.20. The number of hydrogen-bond donors (Lipinski definition) is 2. The van der Waals surface area contributed by atoms with E-state index >= 15 is 0 Å². The van der Waals surface area contributed by atoms with Crippen molar-refractivity contribution in [3.8, 4) is 0 Å². The number of rotatable bonds is 0. The first-order valence-corrected chi connectivity index (χ1v) is 6.43. The Morgan fingerprint density at radius 3 is 1.62 bits per heavy atom. The average Bonchev–Trinajstić information content (AvgIpc) is 2.25. The van der Waals surface area contributed by atoms with Crippen molar-refractivity contribution in [2.75, 3.05) is 0 Å². The highest BCUT2D eigenvalue weighted by molar-refractivity contribution is 4.96. The number of fused-ring (bicyclic) bond motifs is 2. The first kappa shape index (κ1) is 11.0. The highest BCUT2D eigenvalue weighted by atomic mass is 16.7. The fourth-order valence-electron chi connectivity index (χ4n) is 3.25. The molecule has 0 aromatic rings. The van der Waals surface area contributed by atoms with Crippen LogP contribution in [0.25, 0.3) is 0 Å². The first-order chi connectivity index (χ1) is 7.62. The van der Waals surface area contributed by atoms with Crippen LogP contribution in [0.5, 0.6) is 0 Å². The summed E-state index contributed by atoms with van der Waals surface area (Å²) >= 11 is 0. The smallest absolute Gasteiger partial charge is 0.192 e. The summed E-state index contributed by atoms with van der Waals surface area (Å²) in [6, 6.07) is 0. The normalized spacial score (nSPS) is 52.9. The van der Waals surface area contributed by atoms with Crippen molar-refractivity contribution in [2.45, 2.75) is 75.1 Å². The lowest BCUT2D eigenvalue weighted by Gasteiger charge is -2.54. The van der Waals surface area contributed by atoms with Crippen molar-refractivity contribution in [2.24, 2.45) is 0 Å². The predicted octanol–water partition coefficient (Wildman–Crippen LogP) is 1.30. The van der Waals surface area contributed by atoms with Crippen LogP contribution in [0.15, 0.2) is 0 Å². The zero-order chi connectivity index (χ0) is 11.2. The van der Waals surface area contributed by atoms with E-state index in [1.165, 1.54) is 0 Å². The maximum absolute atomic E-state index is 10.4. The second kappa shape index (κ2) is 3.67. The standard InChI is InChI=1S/C12H20O4/c13-11-7-3-1-5-9(11)15-12(14)8-4-2-6-10(12)16-11/h9-10,13-14H,1-8H2/t9-,10+,11-,12+. The molecule has 0 amide bonds. The van der Waals surface area contributed by atoms with Crippen LogP contribution in [0.3, 0.4) is 0 Å². The minimum atomic E-state index is -1.15. The van der Waals surface area contributed by atoms with Gasteiger partial charge in [0.05, 0.1) is 0 Å². The molecule has 4 heteroatoms. The fourth-order valence-corrected chi connectivity index (χ4v) is 3.25. The van der Waals surface area contributed by atoms with Gasteiger partial charge in [0.25, 0.3) is 0 Å². The molecule has 3 rings (SSSR count). The van der Waals surface area contributed by atoms with Gasteiger partial charge in [-0.05, 0) is 25.7 Å². The first-order valence-electron chi connectivity index (χ1n) is 6.43. The summed E-state index contributed by atoms with van der Waals surface area (Å²) in [6.07, 6.45) is 6.16. The molecule has 0 bridgehead atoms. The molecule has 0 spiro atoms. The van der Waals surface area contributed by atoms with Gasteiger partial charge in [-0.25, -0.2) is 0 Å². The molecule has 1 saturated heterocycles. The molecule has 3 fully saturated rings. The highest BCUT2D eigenvalue weighted by Crippen LogP contribution is 2.45. The summed E-state index contributed by atoms with van der Waals surface area (Å²) in [5.74, 6) is -2.29. The van der Waals surface area contributed by atoms with Gasteiger partial charge in [0.2, 0.25) is 0 Å². The van der Waals surface area contributed by atoms with Crippen molar-refractivity contribution < 1.29 is 19.7 Å². The molecule has 3 aliphatic rings. The Balaban J connectivity index is 1.83. The Bertz CT molecular complexity index is 254. The largest absolute Gasteiger partial charge is 0.363 e. The van der Waals surface area contributed by atoms with Crippen LogP contribution in [-0.4, -0.2) is 34.0 Å². The maximum Gasteiger partial charge on any atom is 0.192 e. The van der Waals surface area contributed by atoms with Crippen molar-refractivity contribution in [3.63, 3.8) is 0 Å². The van der Waals surface area contributed by atoms with Gasteiger partial charge in [0.1, 0.15) is 12.2 Å². The van der Waals surface area contributed by atoms with Crippen molar-refractivity contribution in [1.29, 1.82) is 0 Å². The van der Waals surface area contributed by atoms with Crippen LogP contribution in [0.4, 0.5) is 0 Å². The lowest BCUT2D eigenvalue weighted by Crippen LogP contribution is -2.65. The molecular weight excluding hydrogens is 208 g/mol. The van der Waals surface area contributed by atoms with Crippen molar-refractivity contribution in [3.05, 3.63) is 0 Å². The fraction of sp³-hybridized carbons (Fsp3) is 1.00. The van der Waals surface area contributed by atoms with E-state index in [-0.39, 0.29) is 12.2 Å². The van der Waals surface area contributed by atoms with Crippen LogP contribution < -0.4 is 0 Å². The van der Waals surface area contributed by atoms with E-state index in [9.17, 15) is 10.2 Å². The molecule has 2 aliphatic carbocycles. The Morgan fingerprint density at radius 1 is 0.750 bits per heavy atom.